The summed E-state index contributed by atoms with van der Waals surface area (Å²) >= 11 is 1.62. The van der Waals surface area contributed by atoms with Gasteiger partial charge in [0.15, 0.2) is 0 Å². The van der Waals surface area contributed by atoms with E-state index in [2.05, 4.69) is 20.5 Å². The van der Waals surface area contributed by atoms with Crippen molar-refractivity contribution in [1.82, 2.24) is 20.5 Å². The van der Waals surface area contributed by atoms with Gasteiger partial charge in [-0.1, -0.05) is 6.07 Å². The number of carbonyl (C=O) groups excluding carboxylic acids is 1. The van der Waals surface area contributed by atoms with Gasteiger partial charge < -0.3 is 5.32 Å². The molecule has 1 aliphatic rings. The second kappa shape index (κ2) is 4.29. The molecular weight excluding hydrogens is 236 g/mol. The highest BCUT2D eigenvalue weighted by atomic mass is 32.1. The second-order valence-corrected chi connectivity index (χ2v) is 5.11. The Morgan fingerprint density at radius 1 is 1.59 bits per heavy atom. The molecule has 88 valence electrons. The highest BCUT2D eigenvalue weighted by molar-refractivity contribution is 7.09. The van der Waals surface area contributed by atoms with Crippen LogP contribution in [-0.2, 0) is 6.54 Å². The average molecular weight is 248 g/mol. The van der Waals surface area contributed by atoms with Gasteiger partial charge in [-0.2, -0.15) is 0 Å². The quantitative estimate of drug-likeness (QED) is 0.864. The number of aromatic amines is 1. The fraction of sp³-hybridized carbons (Fsp3) is 0.364. The molecule has 2 N–H and O–H groups in total. The molecule has 0 spiro atoms. The van der Waals surface area contributed by atoms with Gasteiger partial charge >= 0.3 is 0 Å². The lowest BCUT2D eigenvalue weighted by Gasteiger charge is -1.98. The van der Waals surface area contributed by atoms with Gasteiger partial charge in [-0.15, -0.1) is 16.4 Å². The van der Waals surface area contributed by atoms with Crippen LogP contribution in [-0.4, -0.2) is 21.1 Å². The van der Waals surface area contributed by atoms with E-state index >= 15 is 0 Å². The molecule has 1 fully saturated rings. The average Bonchev–Trinajstić information content (AvgIpc) is 2.88. The van der Waals surface area contributed by atoms with Crippen molar-refractivity contribution in [3.8, 4) is 0 Å². The third-order valence-corrected chi connectivity index (χ3v) is 3.55. The van der Waals surface area contributed by atoms with E-state index in [1.54, 1.807) is 11.3 Å². The number of aromatic nitrogens is 3. The standard InChI is InChI=1S/C11H12N4OS/c16-11(12-6-8-2-1-5-17-8)10-13-9(14-15-10)7-3-4-7/h1-2,5,7H,3-4,6H2,(H,12,16)(H,13,14,15). The van der Waals surface area contributed by atoms with Crippen LogP contribution >= 0.6 is 11.3 Å². The topological polar surface area (TPSA) is 70.7 Å². The normalized spacial score (nSPS) is 14.8. The number of hydrogen-bond donors (Lipinski definition) is 2. The summed E-state index contributed by atoms with van der Waals surface area (Å²) in [6.45, 7) is 0.532. The van der Waals surface area contributed by atoms with Crippen molar-refractivity contribution in [3.05, 3.63) is 34.0 Å². The van der Waals surface area contributed by atoms with E-state index in [0.717, 1.165) is 23.5 Å². The molecule has 0 bridgehead atoms. The Hall–Kier alpha value is -1.69. The maximum atomic E-state index is 11.7. The summed E-state index contributed by atoms with van der Waals surface area (Å²) < 4.78 is 0. The summed E-state index contributed by atoms with van der Waals surface area (Å²) in [5, 5.41) is 11.5. The molecule has 0 aliphatic heterocycles. The number of nitrogens with one attached hydrogen (secondary N) is 2. The molecule has 2 aromatic heterocycles. The van der Waals surface area contributed by atoms with Crippen LogP contribution in [0, 0.1) is 0 Å². The van der Waals surface area contributed by atoms with E-state index in [-0.39, 0.29) is 11.7 Å². The Morgan fingerprint density at radius 2 is 2.47 bits per heavy atom. The first-order valence-electron chi connectivity index (χ1n) is 5.56. The molecule has 2 aromatic rings. The molecule has 0 unspecified atom stereocenters. The van der Waals surface area contributed by atoms with Crippen LogP contribution in [0.4, 0.5) is 0 Å². The molecule has 0 saturated heterocycles. The van der Waals surface area contributed by atoms with Crippen LogP contribution < -0.4 is 5.32 Å². The number of nitrogens with zero attached hydrogens (tertiary/aromatic N) is 2. The smallest absolute Gasteiger partial charge is 0.291 e. The first-order valence-corrected chi connectivity index (χ1v) is 6.44. The number of carbonyl (C=O) groups is 1. The molecule has 1 amide bonds. The number of H-pyrrole nitrogens is 1. The Labute approximate surface area is 102 Å². The van der Waals surface area contributed by atoms with E-state index < -0.39 is 0 Å². The van der Waals surface area contributed by atoms with Crippen molar-refractivity contribution in [2.24, 2.45) is 0 Å². The molecule has 6 heteroatoms. The molecule has 17 heavy (non-hydrogen) atoms. The van der Waals surface area contributed by atoms with Crippen LogP contribution in [0.5, 0.6) is 0 Å². The minimum Gasteiger partial charge on any atom is -0.344 e. The summed E-state index contributed by atoms with van der Waals surface area (Å²) in [4.78, 5) is 17.1. The lowest BCUT2D eigenvalue weighted by molar-refractivity contribution is 0.0941. The number of rotatable bonds is 4. The SMILES string of the molecule is O=C(NCc1cccs1)c1n[nH]c(C2CC2)n1. The second-order valence-electron chi connectivity index (χ2n) is 4.08. The maximum absolute atomic E-state index is 11.7. The molecule has 5 nitrogen and oxygen atoms in total. The highest BCUT2D eigenvalue weighted by Crippen LogP contribution is 2.37. The molecule has 0 radical (unpaired) electrons. The predicted molar refractivity (Wildman–Crippen MR) is 63.8 cm³/mol. The van der Waals surface area contributed by atoms with Crippen molar-refractivity contribution < 1.29 is 4.79 Å². The maximum Gasteiger partial charge on any atom is 0.291 e. The summed E-state index contributed by atoms with van der Waals surface area (Å²) in [6, 6.07) is 3.95. The third kappa shape index (κ3) is 2.36. The zero-order valence-corrected chi connectivity index (χ0v) is 9.96. The fourth-order valence-electron chi connectivity index (χ4n) is 1.57. The van der Waals surface area contributed by atoms with E-state index in [9.17, 15) is 4.79 Å². The first kappa shape index (κ1) is 10.5. The van der Waals surface area contributed by atoms with Gasteiger partial charge in [0.1, 0.15) is 5.82 Å². The lowest BCUT2D eigenvalue weighted by Crippen LogP contribution is -2.23. The van der Waals surface area contributed by atoms with Crippen LogP contribution in [0.2, 0.25) is 0 Å². The fourth-order valence-corrected chi connectivity index (χ4v) is 2.22. The zero-order valence-electron chi connectivity index (χ0n) is 9.14. The summed E-state index contributed by atoms with van der Waals surface area (Å²) in [5.74, 6) is 1.35. The van der Waals surface area contributed by atoms with Crippen molar-refractivity contribution in [2.45, 2.75) is 25.3 Å². The van der Waals surface area contributed by atoms with Crippen LogP contribution in [0.1, 0.15) is 40.1 Å². The van der Waals surface area contributed by atoms with Crippen molar-refractivity contribution in [2.75, 3.05) is 0 Å². The third-order valence-electron chi connectivity index (χ3n) is 2.67. The molecular formula is C11H12N4OS. The number of thiophene rings is 1. The van der Waals surface area contributed by atoms with Crippen molar-refractivity contribution in [1.29, 1.82) is 0 Å². The van der Waals surface area contributed by atoms with Gasteiger partial charge in [-0.25, -0.2) is 4.98 Å². The summed E-state index contributed by atoms with van der Waals surface area (Å²) in [6.07, 6.45) is 2.29. The summed E-state index contributed by atoms with van der Waals surface area (Å²) in [7, 11) is 0. The van der Waals surface area contributed by atoms with Gasteiger partial charge in [0.2, 0.25) is 5.82 Å². The van der Waals surface area contributed by atoms with Crippen LogP contribution in [0.3, 0.4) is 0 Å². The minimum atomic E-state index is -0.221. The monoisotopic (exact) mass is 248 g/mol. The Bertz CT molecular complexity index is 515. The van der Waals surface area contributed by atoms with Crippen molar-refractivity contribution >= 4 is 17.2 Å². The molecule has 1 saturated carbocycles. The molecule has 0 aromatic carbocycles. The van der Waals surface area contributed by atoms with Crippen molar-refractivity contribution in [3.63, 3.8) is 0 Å². The van der Waals surface area contributed by atoms with Gasteiger partial charge in [0, 0.05) is 10.8 Å². The van der Waals surface area contributed by atoms with E-state index in [0.29, 0.717) is 12.5 Å². The Morgan fingerprint density at radius 3 is 3.18 bits per heavy atom. The minimum absolute atomic E-state index is 0.221. The van der Waals surface area contributed by atoms with E-state index in [4.69, 9.17) is 0 Å². The lowest BCUT2D eigenvalue weighted by atomic mass is 10.4. The first-order chi connectivity index (χ1) is 8.33. The highest BCUT2D eigenvalue weighted by Gasteiger charge is 2.28. The predicted octanol–water partition coefficient (Wildman–Crippen LogP) is 1.67. The number of amides is 1. The van der Waals surface area contributed by atoms with Crippen LogP contribution in [0.25, 0.3) is 0 Å². The Balaban J connectivity index is 1.60. The zero-order chi connectivity index (χ0) is 11.7. The number of hydrogen-bond acceptors (Lipinski definition) is 4. The van der Waals surface area contributed by atoms with Gasteiger partial charge in [-0.05, 0) is 24.3 Å². The van der Waals surface area contributed by atoms with Crippen LogP contribution in [0.15, 0.2) is 17.5 Å². The van der Waals surface area contributed by atoms with Gasteiger partial charge in [0.05, 0.1) is 6.54 Å². The van der Waals surface area contributed by atoms with Gasteiger partial charge in [0.25, 0.3) is 5.91 Å². The Kier molecular flexibility index (Phi) is 2.64. The molecule has 2 heterocycles. The van der Waals surface area contributed by atoms with Gasteiger partial charge in [-0.3, -0.25) is 9.89 Å². The van der Waals surface area contributed by atoms with E-state index in [1.165, 1.54) is 0 Å². The summed E-state index contributed by atoms with van der Waals surface area (Å²) in [5.41, 5.74) is 0. The molecule has 3 rings (SSSR count). The largest absolute Gasteiger partial charge is 0.344 e. The van der Waals surface area contributed by atoms with E-state index in [1.807, 2.05) is 17.5 Å². The molecule has 1 aliphatic carbocycles. The molecule has 0 atom stereocenters.